The molecule has 4 rings (SSSR count). The number of aryl methyl sites for hydroxylation is 1. The minimum absolute atomic E-state index is 0.112. The lowest BCUT2D eigenvalue weighted by molar-refractivity contribution is 0.0518. The van der Waals surface area contributed by atoms with Crippen molar-refractivity contribution in [2.45, 2.75) is 6.92 Å². The zero-order chi connectivity index (χ0) is 21.3. The van der Waals surface area contributed by atoms with E-state index in [2.05, 4.69) is 0 Å². The Kier molecular flexibility index (Phi) is 5.35. The van der Waals surface area contributed by atoms with Crippen molar-refractivity contribution in [1.82, 2.24) is 9.80 Å². The minimum atomic E-state index is -0.140. The molecule has 30 heavy (non-hydrogen) atoms. The summed E-state index contributed by atoms with van der Waals surface area (Å²) >= 11 is 0. The Morgan fingerprint density at radius 3 is 2.00 bits per heavy atom. The normalized spacial score (nSPS) is 14.1. The lowest BCUT2D eigenvalue weighted by Gasteiger charge is -2.34. The summed E-state index contributed by atoms with van der Waals surface area (Å²) in [5.41, 5.74) is 2.05. The van der Waals surface area contributed by atoms with E-state index in [1.165, 1.54) is 0 Å². The first-order chi connectivity index (χ1) is 14.5. The number of nitrogens with zero attached hydrogens (tertiary/aromatic N) is 2. The van der Waals surface area contributed by atoms with Crippen LogP contribution in [0.15, 0.2) is 46.9 Å². The summed E-state index contributed by atoms with van der Waals surface area (Å²) in [4.78, 5) is 29.4. The monoisotopic (exact) mass is 408 g/mol. The fourth-order valence-electron chi connectivity index (χ4n) is 3.75. The van der Waals surface area contributed by atoms with Crippen molar-refractivity contribution >= 4 is 22.8 Å². The van der Waals surface area contributed by atoms with Crippen LogP contribution in [0.1, 0.15) is 26.5 Å². The second-order valence-electron chi connectivity index (χ2n) is 7.24. The maximum atomic E-state index is 13.0. The average Bonchev–Trinajstić information content (AvgIpc) is 3.14. The predicted octanol–water partition coefficient (Wildman–Crippen LogP) is 3.36. The molecule has 0 unspecified atom stereocenters. The molecule has 2 amide bonds. The first kappa shape index (κ1) is 19.8. The van der Waals surface area contributed by atoms with Crippen LogP contribution in [0, 0.1) is 6.92 Å². The third-order valence-electron chi connectivity index (χ3n) is 5.49. The van der Waals surface area contributed by atoms with Gasteiger partial charge in [0.25, 0.3) is 11.8 Å². The smallest absolute Gasteiger partial charge is 0.290 e. The van der Waals surface area contributed by atoms with E-state index in [4.69, 9.17) is 13.9 Å². The van der Waals surface area contributed by atoms with E-state index in [1.54, 1.807) is 42.2 Å². The summed E-state index contributed by atoms with van der Waals surface area (Å²) in [5, 5.41) is 0.946. The maximum Gasteiger partial charge on any atom is 0.290 e. The number of carbonyl (C=O) groups excluding carboxylic acids is 2. The van der Waals surface area contributed by atoms with Crippen molar-refractivity contribution in [3.05, 3.63) is 59.4 Å². The molecule has 2 heterocycles. The zero-order valence-corrected chi connectivity index (χ0v) is 17.3. The summed E-state index contributed by atoms with van der Waals surface area (Å²) in [6, 6.07) is 12.7. The van der Waals surface area contributed by atoms with E-state index in [0.717, 1.165) is 10.9 Å². The molecule has 0 radical (unpaired) electrons. The van der Waals surface area contributed by atoms with Gasteiger partial charge in [0.1, 0.15) is 17.1 Å². The van der Waals surface area contributed by atoms with Crippen LogP contribution in [-0.4, -0.2) is 62.0 Å². The predicted molar refractivity (Wildman–Crippen MR) is 112 cm³/mol. The van der Waals surface area contributed by atoms with Crippen molar-refractivity contribution in [2.75, 3.05) is 40.4 Å². The molecule has 1 aliphatic rings. The molecule has 7 nitrogen and oxygen atoms in total. The summed E-state index contributed by atoms with van der Waals surface area (Å²) in [5.74, 6) is 1.24. The molecule has 1 saturated heterocycles. The highest BCUT2D eigenvalue weighted by molar-refractivity contribution is 5.99. The quantitative estimate of drug-likeness (QED) is 0.662. The lowest BCUT2D eigenvalue weighted by atomic mass is 10.1. The Labute approximate surface area is 174 Å². The summed E-state index contributed by atoms with van der Waals surface area (Å²) in [7, 11) is 3.10. The number of benzene rings is 2. The number of furan rings is 1. The minimum Gasteiger partial charge on any atom is -0.497 e. The van der Waals surface area contributed by atoms with Crippen molar-refractivity contribution in [1.29, 1.82) is 0 Å². The second-order valence-corrected chi connectivity index (χ2v) is 7.24. The Hall–Kier alpha value is -3.48. The standard InChI is InChI=1S/C23H24N2O5/c1-15-19-6-4-5-7-20(19)30-21(15)23(27)25-10-8-24(9-11-25)22(26)16-12-17(28-2)14-18(13-16)29-3/h4-7,12-14H,8-11H2,1-3H3. The van der Waals surface area contributed by atoms with Crippen LogP contribution >= 0.6 is 0 Å². The van der Waals surface area contributed by atoms with Crippen LogP contribution in [0.5, 0.6) is 11.5 Å². The molecule has 3 aromatic rings. The number of fused-ring (bicyclic) bond motifs is 1. The van der Waals surface area contributed by atoms with Crippen LogP contribution in [-0.2, 0) is 0 Å². The number of methoxy groups -OCH3 is 2. The SMILES string of the molecule is COc1cc(OC)cc(C(=O)N2CCN(C(=O)c3oc4ccccc4c3C)CC2)c1. The van der Waals surface area contributed by atoms with Gasteiger partial charge in [-0.05, 0) is 25.1 Å². The molecule has 0 bridgehead atoms. The largest absolute Gasteiger partial charge is 0.497 e. The zero-order valence-electron chi connectivity index (χ0n) is 17.3. The van der Waals surface area contributed by atoms with Crippen molar-refractivity contribution in [3.63, 3.8) is 0 Å². The van der Waals surface area contributed by atoms with Gasteiger partial charge in [0.15, 0.2) is 5.76 Å². The highest BCUT2D eigenvalue weighted by Gasteiger charge is 2.29. The van der Waals surface area contributed by atoms with Crippen molar-refractivity contribution < 1.29 is 23.5 Å². The van der Waals surface area contributed by atoms with Crippen molar-refractivity contribution in [3.8, 4) is 11.5 Å². The van der Waals surface area contributed by atoms with E-state index in [1.807, 2.05) is 31.2 Å². The fourth-order valence-corrected chi connectivity index (χ4v) is 3.75. The third kappa shape index (κ3) is 3.58. The molecular formula is C23H24N2O5. The van der Waals surface area contributed by atoms with Crippen molar-refractivity contribution in [2.24, 2.45) is 0 Å². The molecule has 0 aliphatic carbocycles. The number of rotatable bonds is 4. The maximum absolute atomic E-state index is 13.0. The third-order valence-corrected chi connectivity index (χ3v) is 5.49. The van der Waals surface area contributed by atoms with E-state index in [0.29, 0.717) is 54.6 Å². The van der Waals surface area contributed by atoms with Gasteiger partial charge in [-0.15, -0.1) is 0 Å². The number of ether oxygens (including phenoxy) is 2. The lowest BCUT2D eigenvalue weighted by Crippen LogP contribution is -2.50. The number of hydrogen-bond donors (Lipinski definition) is 0. The van der Waals surface area contributed by atoms with Gasteiger partial charge in [-0.2, -0.15) is 0 Å². The molecule has 1 aromatic heterocycles. The Bertz CT molecular complexity index is 1070. The molecule has 1 aliphatic heterocycles. The molecule has 0 spiro atoms. The first-order valence-electron chi connectivity index (χ1n) is 9.81. The average molecular weight is 408 g/mol. The van der Waals surface area contributed by atoms with E-state index < -0.39 is 0 Å². The molecule has 2 aromatic carbocycles. The van der Waals surface area contributed by atoms with Gasteiger partial charge in [-0.1, -0.05) is 18.2 Å². The molecule has 0 atom stereocenters. The van der Waals surface area contributed by atoms with Crippen LogP contribution in [0.3, 0.4) is 0 Å². The van der Waals surface area contributed by atoms with E-state index >= 15 is 0 Å². The highest BCUT2D eigenvalue weighted by atomic mass is 16.5. The summed E-state index contributed by atoms with van der Waals surface area (Å²) in [6.07, 6.45) is 0. The van der Waals surface area contributed by atoms with Gasteiger partial charge in [0.05, 0.1) is 14.2 Å². The van der Waals surface area contributed by atoms with E-state index in [-0.39, 0.29) is 11.8 Å². The number of para-hydroxylation sites is 1. The number of carbonyl (C=O) groups is 2. The highest BCUT2D eigenvalue weighted by Crippen LogP contribution is 2.27. The molecule has 1 fully saturated rings. The number of hydrogen-bond acceptors (Lipinski definition) is 5. The van der Waals surface area contributed by atoms with Gasteiger partial charge >= 0.3 is 0 Å². The van der Waals surface area contributed by atoms with Crippen LogP contribution in [0.4, 0.5) is 0 Å². The summed E-state index contributed by atoms with van der Waals surface area (Å²) in [6.45, 7) is 3.69. The Balaban J connectivity index is 1.46. The molecule has 0 N–H and O–H groups in total. The van der Waals surface area contributed by atoms with E-state index in [9.17, 15) is 9.59 Å². The first-order valence-corrected chi connectivity index (χ1v) is 9.81. The molecule has 7 heteroatoms. The molecular weight excluding hydrogens is 384 g/mol. The fraction of sp³-hybridized carbons (Fsp3) is 0.304. The number of piperazine rings is 1. The topological polar surface area (TPSA) is 72.2 Å². The van der Waals surface area contributed by atoms with Gasteiger partial charge in [0.2, 0.25) is 0 Å². The molecule has 156 valence electrons. The van der Waals surface area contributed by atoms with Gasteiger partial charge in [-0.3, -0.25) is 9.59 Å². The van der Waals surface area contributed by atoms with Crippen LogP contribution < -0.4 is 9.47 Å². The summed E-state index contributed by atoms with van der Waals surface area (Å²) < 4.78 is 16.3. The number of amides is 2. The van der Waals surface area contributed by atoms with Gasteiger partial charge in [-0.25, -0.2) is 0 Å². The van der Waals surface area contributed by atoms with Crippen LogP contribution in [0.2, 0.25) is 0 Å². The molecule has 0 saturated carbocycles. The van der Waals surface area contributed by atoms with Gasteiger partial charge < -0.3 is 23.7 Å². The second kappa shape index (κ2) is 8.10. The van der Waals surface area contributed by atoms with Crippen LogP contribution in [0.25, 0.3) is 11.0 Å². The Morgan fingerprint density at radius 2 is 1.43 bits per heavy atom. The van der Waals surface area contributed by atoms with Gasteiger partial charge in [0, 0.05) is 48.8 Å². The Morgan fingerprint density at radius 1 is 0.867 bits per heavy atom.